The summed E-state index contributed by atoms with van der Waals surface area (Å²) in [6.07, 6.45) is 7.75. The molecule has 2 unspecified atom stereocenters. The molecule has 1 aliphatic heterocycles. The molecule has 1 fully saturated rings. The van der Waals surface area contributed by atoms with Crippen LogP contribution in [-0.4, -0.2) is 38.2 Å². The standard InChI is InChI=1S/C24H32N6O2/c1-4-5-6-19-7-9-20(10-8-19)26-21(31)16-30-24(32)29-12-11-25-22(23(29)27-30)28-14-17(2)13-18(3)15-28/h7-12,17-18H,4-6,13-16H2,1-3H3,(H,26,31). The molecule has 8 heteroatoms. The van der Waals surface area contributed by atoms with Crippen LogP contribution in [0.25, 0.3) is 5.65 Å². The van der Waals surface area contributed by atoms with Gasteiger partial charge in [0.25, 0.3) is 0 Å². The van der Waals surface area contributed by atoms with E-state index in [2.05, 4.69) is 41.1 Å². The number of unbranched alkanes of at least 4 members (excludes halogenated alkanes) is 1. The number of nitrogens with zero attached hydrogens (tertiary/aromatic N) is 5. The third-order valence-corrected chi connectivity index (χ3v) is 6.00. The summed E-state index contributed by atoms with van der Waals surface area (Å²) in [4.78, 5) is 32.2. The van der Waals surface area contributed by atoms with E-state index in [0.717, 1.165) is 32.4 Å². The van der Waals surface area contributed by atoms with Crippen molar-refractivity contribution in [3.63, 3.8) is 0 Å². The van der Waals surface area contributed by atoms with Crippen LogP contribution in [0.4, 0.5) is 11.5 Å². The summed E-state index contributed by atoms with van der Waals surface area (Å²) in [5, 5.41) is 7.33. The van der Waals surface area contributed by atoms with E-state index in [1.54, 1.807) is 12.4 Å². The normalized spacial score (nSPS) is 18.8. The fourth-order valence-electron chi connectivity index (χ4n) is 4.57. The van der Waals surface area contributed by atoms with Crippen LogP contribution in [0.1, 0.15) is 45.6 Å². The molecule has 32 heavy (non-hydrogen) atoms. The van der Waals surface area contributed by atoms with E-state index in [9.17, 15) is 9.59 Å². The molecule has 4 rings (SSSR count). The van der Waals surface area contributed by atoms with Gasteiger partial charge >= 0.3 is 5.69 Å². The lowest BCUT2D eigenvalue weighted by atomic mass is 9.92. The first kappa shape index (κ1) is 22.0. The zero-order chi connectivity index (χ0) is 22.7. The quantitative estimate of drug-likeness (QED) is 0.614. The number of hydrogen-bond acceptors (Lipinski definition) is 5. The summed E-state index contributed by atoms with van der Waals surface area (Å²) in [7, 11) is 0. The molecule has 0 bridgehead atoms. The molecule has 0 radical (unpaired) electrons. The van der Waals surface area contributed by atoms with Gasteiger partial charge in [0.05, 0.1) is 0 Å². The molecular weight excluding hydrogens is 404 g/mol. The van der Waals surface area contributed by atoms with Gasteiger partial charge in [-0.3, -0.25) is 4.79 Å². The molecule has 1 N–H and O–H groups in total. The summed E-state index contributed by atoms with van der Waals surface area (Å²) >= 11 is 0. The SMILES string of the molecule is CCCCc1ccc(NC(=O)Cn2nc3c(N4CC(C)CC(C)C4)nccn3c2=O)cc1. The van der Waals surface area contributed by atoms with Crippen molar-refractivity contribution in [1.29, 1.82) is 0 Å². The van der Waals surface area contributed by atoms with Gasteiger partial charge in [0.15, 0.2) is 5.82 Å². The molecule has 0 aliphatic carbocycles. The molecule has 1 aliphatic rings. The van der Waals surface area contributed by atoms with Crippen molar-refractivity contribution >= 4 is 23.1 Å². The van der Waals surface area contributed by atoms with E-state index < -0.39 is 0 Å². The summed E-state index contributed by atoms with van der Waals surface area (Å²) in [5.41, 5.74) is 2.12. The lowest BCUT2D eigenvalue weighted by Gasteiger charge is -2.35. The second-order valence-electron chi connectivity index (χ2n) is 9.08. The van der Waals surface area contributed by atoms with Crippen molar-refractivity contribution in [3.05, 3.63) is 52.7 Å². The first-order valence-electron chi connectivity index (χ1n) is 11.5. The highest BCUT2D eigenvalue weighted by atomic mass is 16.2. The Bertz CT molecular complexity index is 1120. The van der Waals surface area contributed by atoms with Gasteiger partial charge in [0, 0.05) is 31.2 Å². The van der Waals surface area contributed by atoms with Crippen molar-refractivity contribution in [2.75, 3.05) is 23.3 Å². The number of nitrogens with one attached hydrogen (secondary N) is 1. The molecule has 3 aromatic rings. The molecule has 1 aromatic carbocycles. The minimum atomic E-state index is -0.341. The zero-order valence-electron chi connectivity index (χ0n) is 19.1. The van der Waals surface area contributed by atoms with Crippen LogP contribution < -0.4 is 15.9 Å². The number of carbonyl (C=O) groups is 1. The number of hydrogen-bond donors (Lipinski definition) is 1. The molecule has 0 spiro atoms. The van der Waals surface area contributed by atoms with E-state index >= 15 is 0 Å². The lowest BCUT2D eigenvalue weighted by molar-refractivity contribution is -0.117. The van der Waals surface area contributed by atoms with Gasteiger partial charge in [-0.1, -0.05) is 39.3 Å². The summed E-state index contributed by atoms with van der Waals surface area (Å²) in [5.74, 6) is 1.51. The van der Waals surface area contributed by atoms with Crippen molar-refractivity contribution < 1.29 is 4.79 Å². The first-order valence-corrected chi connectivity index (χ1v) is 11.5. The summed E-state index contributed by atoms with van der Waals surface area (Å²) in [6.45, 7) is 8.24. The molecule has 8 nitrogen and oxygen atoms in total. The van der Waals surface area contributed by atoms with E-state index in [0.29, 0.717) is 29.0 Å². The first-order chi connectivity index (χ1) is 15.4. The van der Waals surface area contributed by atoms with Crippen molar-refractivity contribution in [1.82, 2.24) is 19.2 Å². The molecule has 1 saturated heterocycles. The van der Waals surface area contributed by atoms with E-state index in [4.69, 9.17) is 0 Å². The van der Waals surface area contributed by atoms with Crippen LogP contribution in [0.3, 0.4) is 0 Å². The fraction of sp³-hybridized carbons (Fsp3) is 0.500. The maximum absolute atomic E-state index is 12.9. The number of piperidine rings is 1. The molecule has 2 aromatic heterocycles. The van der Waals surface area contributed by atoms with E-state index in [1.165, 1.54) is 21.1 Å². The molecular formula is C24H32N6O2. The second kappa shape index (κ2) is 9.54. The number of anilines is 2. The average molecular weight is 437 g/mol. The van der Waals surface area contributed by atoms with Gasteiger partial charge in [-0.2, -0.15) is 0 Å². The maximum Gasteiger partial charge on any atom is 0.350 e. The summed E-state index contributed by atoms with van der Waals surface area (Å²) in [6, 6.07) is 7.86. The zero-order valence-corrected chi connectivity index (χ0v) is 19.1. The average Bonchev–Trinajstić information content (AvgIpc) is 3.08. The Morgan fingerprint density at radius 2 is 1.88 bits per heavy atom. The number of aryl methyl sites for hydroxylation is 1. The fourth-order valence-corrected chi connectivity index (χ4v) is 4.57. The number of carbonyl (C=O) groups excluding carboxylic acids is 1. The van der Waals surface area contributed by atoms with Gasteiger partial charge in [-0.25, -0.2) is 18.9 Å². The molecule has 2 atom stereocenters. The van der Waals surface area contributed by atoms with Gasteiger partial charge in [0.1, 0.15) is 6.54 Å². The smallest absolute Gasteiger partial charge is 0.350 e. The Kier molecular flexibility index (Phi) is 6.58. The highest BCUT2D eigenvalue weighted by molar-refractivity contribution is 5.90. The second-order valence-corrected chi connectivity index (χ2v) is 9.08. The van der Waals surface area contributed by atoms with Crippen LogP contribution in [-0.2, 0) is 17.8 Å². The largest absolute Gasteiger partial charge is 0.353 e. The number of benzene rings is 1. The predicted octanol–water partition coefficient (Wildman–Crippen LogP) is 3.35. The Hall–Kier alpha value is -3.16. The summed E-state index contributed by atoms with van der Waals surface area (Å²) < 4.78 is 2.68. The van der Waals surface area contributed by atoms with Crippen molar-refractivity contribution in [3.8, 4) is 0 Å². The van der Waals surface area contributed by atoms with Crippen molar-refractivity contribution in [2.24, 2.45) is 11.8 Å². The molecule has 0 saturated carbocycles. The van der Waals surface area contributed by atoms with Crippen LogP contribution in [0.2, 0.25) is 0 Å². The van der Waals surface area contributed by atoms with Crippen LogP contribution in [0.15, 0.2) is 41.5 Å². The minimum absolute atomic E-state index is 0.148. The lowest BCUT2D eigenvalue weighted by Crippen LogP contribution is -2.39. The minimum Gasteiger partial charge on any atom is -0.353 e. The number of aromatic nitrogens is 4. The molecule has 170 valence electrons. The predicted molar refractivity (Wildman–Crippen MR) is 126 cm³/mol. The monoisotopic (exact) mass is 436 g/mol. The number of fused-ring (bicyclic) bond motifs is 1. The van der Waals surface area contributed by atoms with Crippen LogP contribution in [0, 0.1) is 11.8 Å². The Morgan fingerprint density at radius 1 is 1.16 bits per heavy atom. The maximum atomic E-state index is 12.9. The Labute approximate surface area is 188 Å². The third-order valence-electron chi connectivity index (χ3n) is 6.00. The van der Waals surface area contributed by atoms with Crippen LogP contribution in [0.5, 0.6) is 0 Å². The number of amides is 1. The van der Waals surface area contributed by atoms with Gasteiger partial charge in [0.2, 0.25) is 11.6 Å². The van der Waals surface area contributed by atoms with E-state index in [1.807, 2.05) is 24.3 Å². The Balaban J connectivity index is 1.50. The van der Waals surface area contributed by atoms with Gasteiger partial charge < -0.3 is 10.2 Å². The topological polar surface area (TPSA) is 84.5 Å². The highest BCUT2D eigenvalue weighted by Crippen LogP contribution is 2.26. The Morgan fingerprint density at radius 3 is 2.56 bits per heavy atom. The van der Waals surface area contributed by atoms with Gasteiger partial charge in [-0.05, 0) is 48.8 Å². The molecule has 3 heterocycles. The van der Waals surface area contributed by atoms with Crippen molar-refractivity contribution in [2.45, 2.75) is 53.0 Å². The van der Waals surface area contributed by atoms with Crippen LogP contribution >= 0.6 is 0 Å². The number of rotatable bonds is 7. The third kappa shape index (κ3) is 4.84. The van der Waals surface area contributed by atoms with Gasteiger partial charge in [-0.15, -0.1) is 5.10 Å². The highest BCUT2D eigenvalue weighted by Gasteiger charge is 2.25. The molecule has 1 amide bonds. The van der Waals surface area contributed by atoms with E-state index in [-0.39, 0.29) is 18.1 Å².